The third kappa shape index (κ3) is 2.33. The van der Waals surface area contributed by atoms with Gasteiger partial charge >= 0.3 is 5.97 Å². The van der Waals surface area contributed by atoms with Gasteiger partial charge in [0.25, 0.3) is 5.56 Å². The molecule has 3 heterocycles. The van der Waals surface area contributed by atoms with Crippen LogP contribution in [0.5, 0.6) is 0 Å². The topological polar surface area (TPSA) is 89.5 Å². The molecule has 7 nitrogen and oxygen atoms in total. The molecule has 0 atom stereocenters. The van der Waals surface area contributed by atoms with Crippen LogP contribution in [0.4, 0.5) is 0 Å². The molecule has 0 unspecified atom stereocenters. The molecule has 21 heavy (non-hydrogen) atoms. The molecular weight excluding hydrogens is 292 g/mol. The minimum absolute atomic E-state index is 0.201. The number of pyridine rings is 1. The number of hydrogen-bond acceptors (Lipinski definition) is 5. The number of hydrogen-bond donors (Lipinski definition) is 1. The highest BCUT2D eigenvalue weighted by atomic mass is 32.1. The Morgan fingerprint density at radius 2 is 2.19 bits per heavy atom. The van der Waals surface area contributed by atoms with Gasteiger partial charge < -0.3 is 9.67 Å². The van der Waals surface area contributed by atoms with Crippen molar-refractivity contribution in [2.75, 3.05) is 0 Å². The summed E-state index contributed by atoms with van der Waals surface area (Å²) in [6, 6.07) is 1.62. The van der Waals surface area contributed by atoms with E-state index in [4.69, 9.17) is 5.11 Å². The second-order valence-electron chi connectivity index (χ2n) is 4.69. The van der Waals surface area contributed by atoms with Crippen LogP contribution in [0.15, 0.2) is 23.3 Å². The first-order chi connectivity index (χ1) is 9.95. The van der Waals surface area contributed by atoms with Gasteiger partial charge in [-0.2, -0.15) is 5.10 Å². The van der Waals surface area contributed by atoms with Crippen molar-refractivity contribution in [3.63, 3.8) is 0 Å². The average Bonchev–Trinajstić information content (AvgIpc) is 2.89. The molecule has 0 saturated heterocycles. The predicted octanol–water partition coefficient (Wildman–Crippen LogP) is 1.32. The van der Waals surface area contributed by atoms with E-state index in [0.717, 1.165) is 9.97 Å². The minimum Gasteiger partial charge on any atom is -0.477 e. The summed E-state index contributed by atoms with van der Waals surface area (Å²) in [5, 5.41) is 14.3. The largest absolute Gasteiger partial charge is 0.477 e. The smallest absolute Gasteiger partial charge is 0.341 e. The van der Waals surface area contributed by atoms with Crippen LogP contribution < -0.4 is 5.56 Å². The number of imidazole rings is 1. The van der Waals surface area contributed by atoms with E-state index in [1.54, 1.807) is 29.9 Å². The number of fused-ring (bicyclic) bond motifs is 1. The molecule has 3 rings (SSSR count). The van der Waals surface area contributed by atoms with Gasteiger partial charge in [0.15, 0.2) is 0 Å². The number of nitrogens with zero attached hydrogens (tertiary/aromatic N) is 4. The number of rotatable bonds is 3. The van der Waals surface area contributed by atoms with Gasteiger partial charge in [0.2, 0.25) is 4.96 Å². The van der Waals surface area contributed by atoms with Crippen molar-refractivity contribution in [1.82, 2.24) is 19.2 Å². The zero-order valence-corrected chi connectivity index (χ0v) is 12.2. The Balaban J connectivity index is 2.01. The second kappa shape index (κ2) is 4.81. The molecule has 0 saturated carbocycles. The Bertz CT molecular complexity index is 874. The van der Waals surface area contributed by atoms with Gasteiger partial charge in [-0.25, -0.2) is 14.3 Å². The molecule has 0 aliphatic rings. The van der Waals surface area contributed by atoms with Crippen molar-refractivity contribution < 1.29 is 9.90 Å². The zero-order valence-electron chi connectivity index (χ0n) is 11.4. The Morgan fingerprint density at radius 3 is 2.86 bits per heavy atom. The van der Waals surface area contributed by atoms with E-state index in [0.29, 0.717) is 11.3 Å². The number of carbonyl (C=O) groups is 1. The molecule has 0 fully saturated rings. The Hall–Kier alpha value is -2.48. The van der Waals surface area contributed by atoms with Crippen molar-refractivity contribution in [3.8, 4) is 0 Å². The number of carboxylic acids is 1. The molecule has 0 aliphatic heterocycles. The van der Waals surface area contributed by atoms with Crippen LogP contribution >= 0.6 is 11.3 Å². The Morgan fingerprint density at radius 1 is 1.43 bits per heavy atom. The molecule has 0 aliphatic carbocycles. The van der Waals surface area contributed by atoms with Crippen molar-refractivity contribution in [2.45, 2.75) is 20.4 Å². The van der Waals surface area contributed by atoms with E-state index < -0.39 is 11.5 Å². The summed E-state index contributed by atoms with van der Waals surface area (Å²) >= 11 is 1.46. The van der Waals surface area contributed by atoms with E-state index in [-0.39, 0.29) is 12.1 Å². The minimum atomic E-state index is -1.21. The fourth-order valence-electron chi connectivity index (χ4n) is 2.15. The summed E-state index contributed by atoms with van der Waals surface area (Å²) in [4.78, 5) is 28.5. The fourth-order valence-corrected chi connectivity index (χ4v) is 2.89. The van der Waals surface area contributed by atoms with Crippen molar-refractivity contribution >= 4 is 22.3 Å². The average molecular weight is 304 g/mol. The second-order valence-corrected chi connectivity index (χ2v) is 5.85. The third-order valence-electron chi connectivity index (χ3n) is 3.11. The van der Waals surface area contributed by atoms with Crippen LogP contribution in [0.2, 0.25) is 0 Å². The molecule has 0 spiro atoms. The molecular formula is C13H12N4O3S. The van der Waals surface area contributed by atoms with Gasteiger partial charge in [0.1, 0.15) is 10.6 Å². The van der Waals surface area contributed by atoms with Crippen LogP contribution in [-0.2, 0) is 6.54 Å². The Kier molecular flexibility index (Phi) is 3.09. The Labute approximate surface area is 123 Å². The van der Waals surface area contributed by atoms with Crippen LogP contribution in [0.3, 0.4) is 0 Å². The molecule has 0 aromatic carbocycles. The van der Waals surface area contributed by atoms with Crippen LogP contribution in [0, 0.1) is 13.8 Å². The van der Waals surface area contributed by atoms with Crippen molar-refractivity contribution in [3.05, 3.63) is 50.6 Å². The quantitative estimate of drug-likeness (QED) is 0.788. The van der Waals surface area contributed by atoms with Gasteiger partial charge in [-0.15, -0.1) is 0 Å². The number of aromatic nitrogens is 4. The molecule has 8 heteroatoms. The van der Waals surface area contributed by atoms with Gasteiger partial charge in [0, 0.05) is 6.20 Å². The van der Waals surface area contributed by atoms with E-state index in [9.17, 15) is 9.59 Å². The maximum absolute atomic E-state index is 12.2. The summed E-state index contributed by atoms with van der Waals surface area (Å²) in [6.45, 7) is 3.71. The number of aromatic carboxylic acids is 1. The van der Waals surface area contributed by atoms with Gasteiger partial charge in [0.05, 0.1) is 18.4 Å². The summed E-state index contributed by atoms with van der Waals surface area (Å²) in [5.74, 6) is -1.21. The lowest BCUT2D eigenvalue weighted by molar-refractivity contribution is 0.0693. The molecule has 0 radical (unpaired) electrons. The normalized spacial score (nSPS) is 11.1. The van der Waals surface area contributed by atoms with Gasteiger partial charge in [-0.05, 0) is 25.5 Å². The molecule has 3 aromatic rings. The van der Waals surface area contributed by atoms with E-state index in [1.807, 2.05) is 6.92 Å². The fraction of sp³-hybridized carbons (Fsp3) is 0.231. The maximum atomic E-state index is 12.2. The summed E-state index contributed by atoms with van der Waals surface area (Å²) in [5.41, 5.74) is 0.387. The summed E-state index contributed by atoms with van der Waals surface area (Å²) in [7, 11) is 0. The van der Waals surface area contributed by atoms with Crippen molar-refractivity contribution in [2.24, 2.45) is 0 Å². The van der Waals surface area contributed by atoms with Crippen molar-refractivity contribution in [1.29, 1.82) is 0 Å². The number of carboxylic acid groups (broad SMARTS) is 1. The van der Waals surface area contributed by atoms with Gasteiger partial charge in [-0.3, -0.25) is 4.79 Å². The van der Waals surface area contributed by atoms with E-state index in [2.05, 4.69) is 10.1 Å². The molecule has 108 valence electrons. The lowest BCUT2D eigenvalue weighted by atomic mass is 10.1. The van der Waals surface area contributed by atoms with Crippen LogP contribution in [0.25, 0.3) is 4.96 Å². The molecule has 1 N–H and O–H groups in total. The molecule has 3 aromatic heterocycles. The first kappa shape index (κ1) is 13.5. The van der Waals surface area contributed by atoms with E-state index >= 15 is 0 Å². The maximum Gasteiger partial charge on any atom is 0.341 e. The first-order valence-electron chi connectivity index (χ1n) is 6.20. The lowest BCUT2D eigenvalue weighted by Gasteiger charge is -2.06. The molecule has 0 amide bonds. The lowest BCUT2D eigenvalue weighted by Crippen LogP contribution is -2.27. The summed E-state index contributed by atoms with van der Waals surface area (Å²) in [6.07, 6.45) is 3.32. The van der Waals surface area contributed by atoms with Crippen LogP contribution in [-0.4, -0.2) is 30.2 Å². The number of aryl methyl sites for hydroxylation is 2. The zero-order chi connectivity index (χ0) is 15.1. The van der Waals surface area contributed by atoms with Gasteiger partial charge in [-0.1, -0.05) is 11.3 Å². The highest BCUT2D eigenvalue weighted by molar-refractivity contribution is 7.16. The predicted molar refractivity (Wildman–Crippen MR) is 77.1 cm³/mol. The summed E-state index contributed by atoms with van der Waals surface area (Å²) < 4.78 is 3.00. The highest BCUT2D eigenvalue weighted by Crippen LogP contribution is 2.14. The first-order valence-corrected chi connectivity index (χ1v) is 7.02. The third-order valence-corrected chi connectivity index (χ3v) is 3.95. The van der Waals surface area contributed by atoms with E-state index in [1.165, 1.54) is 15.9 Å². The highest BCUT2D eigenvalue weighted by Gasteiger charge is 2.15. The standard InChI is InChI=1S/C13H12N4O3S/c1-7-3-4-16(11(18)10(7)12(19)20)5-9-6-17-13(14-9)21-8(2)15-17/h3-4,6H,5H2,1-2H3,(H,19,20). The van der Waals surface area contributed by atoms with Crippen LogP contribution in [0.1, 0.15) is 26.6 Å². The monoisotopic (exact) mass is 304 g/mol. The SMILES string of the molecule is Cc1nn2cc(Cn3ccc(C)c(C(=O)O)c3=O)nc2s1. The molecule has 0 bridgehead atoms.